The molecule has 1 saturated heterocycles. The van der Waals surface area contributed by atoms with Gasteiger partial charge in [0.2, 0.25) is 0 Å². The van der Waals surface area contributed by atoms with Crippen LogP contribution in [0.3, 0.4) is 0 Å². The Labute approximate surface area is 126 Å². The average Bonchev–Trinajstić information content (AvgIpc) is 2.40. The number of pyridine rings is 1. The highest BCUT2D eigenvalue weighted by Gasteiger charge is 2.28. The fourth-order valence-electron chi connectivity index (χ4n) is 2.01. The monoisotopic (exact) mass is 346 g/mol. The number of nitrogens with zero attached hydrogens (tertiary/aromatic N) is 1. The molecule has 1 aromatic heterocycles. The zero-order valence-corrected chi connectivity index (χ0v) is 13.1. The van der Waals surface area contributed by atoms with Crippen LogP contribution in [0, 0.1) is 5.41 Å². The van der Waals surface area contributed by atoms with Gasteiger partial charge in [-0.05, 0) is 40.3 Å². The number of amides is 1. The smallest absolute Gasteiger partial charge is 0.254 e. The number of hydrogen-bond acceptors (Lipinski definition) is 3. The summed E-state index contributed by atoms with van der Waals surface area (Å²) >= 11 is 9.22. The summed E-state index contributed by atoms with van der Waals surface area (Å²) in [6.07, 6.45) is 3.48. The lowest BCUT2D eigenvalue weighted by atomic mass is 9.82. The fraction of sp³-hybridized carbons (Fsp3) is 0.538. The maximum absolute atomic E-state index is 12.1. The van der Waals surface area contributed by atoms with Crippen LogP contribution in [0.15, 0.2) is 16.7 Å². The summed E-state index contributed by atoms with van der Waals surface area (Å²) in [5.74, 6) is -0.188. The van der Waals surface area contributed by atoms with Gasteiger partial charge in [0.25, 0.3) is 5.91 Å². The number of aromatic nitrogens is 1. The first-order chi connectivity index (χ1) is 9.00. The summed E-state index contributed by atoms with van der Waals surface area (Å²) in [7, 11) is 0. The van der Waals surface area contributed by atoms with E-state index in [0.717, 1.165) is 30.5 Å². The lowest BCUT2D eigenvalue weighted by Gasteiger charge is -2.33. The summed E-state index contributed by atoms with van der Waals surface area (Å²) in [4.78, 5) is 16.1. The Morgan fingerprint density at radius 3 is 2.95 bits per heavy atom. The Hall–Kier alpha value is -0.650. The average molecular weight is 348 g/mol. The number of hydrogen-bond donors (Lipinski definition) is 1. The number of carbonyl (C=O) groups is 1. The Bertz CT molecular complexity index is 476. The van der Waals surface area contributed by atoms with E-state index in [4.69, 9.17) is 16.3 Å². The van der Waals surface area contributed by atoms with Crippen molar-refractivity contribution in [2.45, 2.75) is 19.8 Å². The van der Waals surface area contributed by atoms with Gasteiger partial charge in [0.15, 0.2) is 0 Å². The molecule has 1 aliphatic rings. The van der Waals surface area contributed by atoms with E-state index in [0.29, 0.717) is 12.1 Å². The normalized spacial score (nSPS) is 18.1. The standard InChI is InChI=1S/C13H16BrClN2O2/c1-13(2-4-19-5-3-13)8-17-12(18)10-6-9(14)7-16-11(10)15/h6-7H,2-5,8H2,1H3,(H,17,18). The van der Waals surface area contributed by atoms with Crippen molar-refractivity contribution in [2.75, 3.05) is 19.8 Å². The number of nitrogens with one attached hydrogen (secondary N) is 1. The van der Waals surface area contributed by atoms with Gasteiger partial charge in [0.1, 0.15) is 5.15 Å². The lowest BCUT2D eigenvalue weighted by molar-refractivity contribution is 0.0238. The number of halogens is 2. The van der Waals surface area contributed by atoms with Gasteiger partial charge in [-0.25, -0.2) is 4.98 Å². The highest BCUT2D eigenvalue weighted by Crippen LogP contribution is 2.29. The van der Waals surface area contributed by atoms with E-state index in [-0.39, 0.29) is 16.5 Å². The molecule has 1 N–H and O–H groups in total. The van der Waals surface area contributed by atoms with Crippen molar-refractivity contribution < 1.29 is 9.53 Å². The molecule has 0 spiro atoms. The lowest BCUT2D eigenvalue weighted by Crippen LogP contribution is -2.39. The molecule has 19 heavy (non-hydrogen) atoms. The minimum Gasteiger partial charge on any atom is -0.381 e. The first-order valence-electron chi connectivity index (χ1n) is 6.17. The van der Waals surface area contributed by atoms with Gasteiger partial charge in [0.05, 0.1) is 5.56 Å². The Kier molecular flexibility index (Phi) is 4.81. The Balaban J connectivity index is 1.99. The Morgan fingerprint density at radius 2 is 2.26 bits per heavy atom. The van der Waals surface area contributed by atoms with Crippen molar-refractivity contribution in [3.8, 4) is 0 Å². The van der Waals surface area contributed by atoms with Crippen molar-refractivity contribution in [3.05, 3.63) is 27.5 Å². The van der Waals surface area contributed by atoms with Gasteiger partial charge in [-0.2, -0.15) is 0 Å². The molecule has 2 rings (SSSR count). The van der Waals surface area contributed by atoms with Crippen LogP contribution >= 0.6 is 27.5 Å². The van der Waals surface area contributed by atoms with Gasteiger partial charge in [0, 0.05) is 30.4 Å². The van der Waals surface area contributed by atoms with Crippen LogP contribution in [-0.2, 0) is 4.74 Å². The molecule has 1 aromatic rings. The van der Waals surface area contributed by atoms with E-state index in [1.807, 2.05) is 0 Å². The van der Waals surface area contributed by atoms with Crippen LogP contribution in [0.4, 0.5) is 0 Å². The molecule has 0 saturated carbocycles. The molecular formula is C13H16BrClN2O2. The molecule has 104 valence electrons. The van der Waals surface area contributed by atoms with Crippen LogP contribution in [-0.4, -0.2) is 30.6 Å². The van der Waals surface area contributed by atoms with E-state index in [1.54, 1.807) is 12.3 Å². The first-order valence-corrected chi connectivity index (χ1v) is 7.34. The molecular weight excluding hydrogens is 332 g/mol. The third-order valence-electron chi connectivity index (χ3n) is 3.43. The topological polar surface area (TPSA) is 51.2 Å². The second-order valence-corrected chi connectivity index (χ2v) is 6.37. The third kappa shape index (κ3) is 3.91. The van der Waals surface area contributed by atoms with Gasteiger partial charge >= 0.3 is 0 Å². The van der Waals surface area contributed by atoms with Crippen molar-refractivity contribution in [2.24, 2.45) is 5.41 Å². The van der Waals surface area contributed by atoms with Gasteiger partial charge in [-0.1, -0.05) is 18.5 Å². The summed E-state index contributed by atoms with van der Waals surface area (Å²) in [5, 5.41) is 3.16. The molecule has 1 amide bonds. The first kappa shape index (κ1) is 14.8. The van der Waals surface area contributed by atoms with Crippen molar-refractivity contribution in [1.29, 1.82) is 0 Å². The number of ether oxygens (including phenoxy) is 1. The van der Waals surface area contributed by atoms with E-state index in [9.17, 15) is 4.79 Å². The maximum atomic E-state index is 12.1. The second-order valence-electron chi connectivity index (χ2n) is 5.10. The van der Waals surface area contributed by atoms with Crippen molar-refractivity contribution >= 4 is 33.4 Å². The van der Waals surface area contributed by atoms with E-state index in [2.05, 4.69) is 33.2 Å². The summed E-state index contributed by atoms with van der Waals surface area (Å²) in [6, 6.07) is 1.68. The van der Waals surface area contributed by atoms with Gasteiger partial charge in [-0.15, -0.1) is 0 Å². The van der Waals surface area contributed by atoms with Crippen LogP contribution in [0.5, 0.6) is 0 Å². The third-order valence-corrected chi connectivity index (χ3v) is 4.16. The molecule has 1 fully saturated rings. The largest absolute Gasteiger partial charge is 0.381 e. The van der Waals surface area contributed by atoms with E-state index in [1.165, 1.54) is 0 Å². The summed E-state index contributed by atoms with van der Waals surface area (Å²) in [5.41, 5.74) is 0.492. The zero-order valence-electron chi connectivity index (χ0n) is 10.7. The predicted molar refractivity (Wildman–Crippen MR) is 77.4 cm³/mol. The fourth-order valence-corrected chi connectivity index (χ4v) is 2.53. The molecule has 0 bridgehead atoms. The highest BCUT2D eigenvalue weighted by molar-refractivity contribution is 9.10. The van der Waals surface area contributed by atoms with E-state index < -0.39 is 0 Å². The highest BCUT2D eigenvalue weighted by atomic mass is 79.9. The van der Waals surface area contributed by atoms with Gasteiger partial charge < -0.3 is 10.1 Å². The molecule has 6 heteroatoms. The molecule has 0 unspecified atom stereocenters. The van der Waals surface area contributed by atoms with Crippen LogP contribution in [0.25, 0.3) is 0 Å². The van der Waals surface area contributed by atoms with E-state index >= 15 is 0 Å². The minimum atomic E-state index is -0.188. The molecule has 0 aliphatic carbocycles. The second kappa shape index (κ2) is 6.20. The molecule has 0 aromatic carbocycles. The summed E-state index contributed by atoms with van der Waals surface area (Å²) in [6.45, 7) is 4.30. The van der Waals surface area contributed by atoms with Crippen molar-refractivity contribution in [3.63, 3.8) is 0 Å². The van der Waals surface area contributed by atoms with Crippen LogP contribution < -0.4 is 5.32 Å². The van der Waals surface area contributed by atoms with Crippen molar-refractivity contribution in [1.82, 2.24) is 10.3 Å². The zero-order chi connectivity index (χ0) is 13.9. The number of rotatable bonds is 3. The maximum Gasteiger partial charge on any atom is 0.254 e. The SMILES string of the molecule is CC1(CNC(=O)c2cc(Br)cnc2Cl)CCOCC1. The molecule has 0 atom stereocenters. The number of carbonyl (C=O) groups excluding carboxylic acids is 1. The predicted octanol–water partition coefficient (Wildman–Crippen LogP) is 3.04. The molecule has 0 radical (unpaired) electrons. The van der Waals surface area contributed by atoms with Crippen LogP contribution in [0.2, 0.25) is 5.15 Å². The quantitative estimate of drug-likeness (QED) is 0.855. The Morgan fingerprint density at radius 1 is 1.58 bits per heavy atom. The van der Waals surface area contributed by atoms with Crippen LogP contribution in [0.1, 0.15) is 30.1 Å². The molecule has 2 heterocycles. The van der Waals surface area contributed by atoms with Gasteiger partial charge in [-0.3, -0.25) is 4.79 Å². The molecule has 4 nitrogen and oxygen atoms in total. The summed E-state index contributed by atoms with van der Waals surface area (Å²) < 4.78 is 6.08. The molecule has 1 aliphatic heterocycles. The minimum absolute atomic E-state index is 0.0971.